The summed E-state index contributed by atoms with van der Waals surface area (Å²) in [4.78, 5) is 45.3. The van der Waals surface area contributed by atoms with Crippen molar-refractivity contribution < 1.29 is 14.6 Å². The van der Waals surface area contributed by atoms with E-state index in [4.69, 9.17) is 0 Å². The van der Waals surface area contributed by atoms with Gasteiger partial charge >= 0.3 is 5.69 Å². The van der Waals surface area contributed by atoms with Gasteiger partial charge in [-0.3, -0.25) is 35.9 Å². The Hall–Kier alpha value is -4.68. The van der Waals surface area contributed by atoms with Gasteiger partial charge < -0.3 is 5.32 Å². The smallest absolute Gasteiger partial charge is 0.319 e. The summed E-state index contributed by atoms with van der Waals surface area (Å²) in [6, 6.07) is 10.3. The van der Waals surface area contributed by atoms with E-state index in [9.17, 15) is 25.0 Å². The van der Waals surface area contributed by atoms with Crippen LogP contribution in [0.1, 0.15) is 16.1 Å². The summed E-state index contributed by atoms with van der Waals surface area (Å²) in [5.41, 5.74) is 3.99. The van der Waals surface area contributed by atoms with Crippen LogP contribution < -0.4 is 16.2 Å². The highest BCUT2D eigenvalue weighted by molar-refractivity contribution is 5.98. The number of amides is 1. The first kappa shape index (κ1) is 20.1. The number of benzene rings is 1. The number of hydrogen-bond acceptors (Lipinski definition) is 10. The van der Waals surface area contributed by atoms with Crippen LogP contribution in [-0.4, -0.2) is 30.7 Å². The van der Waals surface area contributed by atoms with Gasteiger partial charge in [-0.15, -0.1) is 0 Å². The van der Waals surface area contributed by atoms with Crippen LogP contribution in [0.2, 0.25) is 0 Å². The minimum absolute atomic E-state index is 0.157. The lowest BCUT2D eigenvalue weighted by Gasteiger charge is -2.11. The van der Waals surface area contributed by atoms with E-state index >= 15 is 0 Å². The molecule has 0 fully saturated rings. The summed E-state index contributed by atoms with van der Waals surface area (Å²) in [5.74, 6) is -1.02. The molecule has 0 radical (unpaired) electrons. The Balaban J connectivity index is 1.85. The Labute approximate surface area is 168 Å². The number of anilines is 3. The number of nitro benzene ring substituents is 1. The Morgan fingerprint density at radius 2 is 1.70 bits per heavy atom. The molecular weight excluding hydrogens is 396 g/mol. The fourth-order valence-electron chi connectivity index (χ4n) is 2.48. The number of para-hydroxylation sites is 1. The van der Waals surface area contributed by atoms with Crippen molar-refractivity contribution in [3.8, 4) is 0 Å². The van der Waals surface area contributed by atoms with Gasteiger partial charge in [0.1, 0.15) is 17.7 Å². The van der Waals surface area contributed by atoms with E-state index in [1.54, 1.807) is 25.1 Å². The number of aromatic nitrogens is 3. The number of aryl methyl sites for hydroxylation is 1. The van der Waals surface area contributed by atoms with Gasteiger partial charge in [0.15, 0.2) is 0 Å². The Morgan fingerprint density at radius 1 is 0.967 bits per heavy atom. The van der Waals surface area contributed by atoms with Gasteiger partial charge in [0, 0.05) is 11.8 Å². The molecule has 0 unspecified atom stereocenters. The van der Waals surface area contributed by atoms with Crippen molar-refractivity contribution in [2.75, 3.05) is 10.7 Å². The largest absolute Gasteiger partial charge is 0.355 e. The summed E-state index contributed by atoms with van der Waals surface area (Å²) < 4.78 is 0. The Morgan fingerprint density at radius 3 is 2.40 bits per heavy atom. The molecule has 1 amide bonds. The first-order valence-electron chi connectivity index (χ1n) is 8.36. The molecule has 13 heteroatoms. The van der Waals surface area contributed by atoms with Crippen LogP contribution in [0.3, 0.4) is 0 Å². The summed E-state index contributed by atoms with van der Waals surface area (Å²) in [5, 5.41) is 25.4. The number of hydrogen-bond donors (Lipinski definition) is 3. The number of carbonyl (C=O) groups is 1. The highest BCUT2D eigenvalue weighted by Gasteiger charge is 2.25. The lowest BCUT2D eigenvalue weighted by molar-refractivity contribution is -0.385. The van der Waals surface area contributed by atoms with Gasteiger partial charge in [-0.25, -0.2) is 15.0 Å². The van der Waals surface area contributed by atoms with Gasteiger partial charge in [0.25, 0.3) is 11.6 Å². The van der Waals surface area contributed by atoms with Crippen molar-refractivity contribution in [3.63, 3.8) is 0 Å². The fourth-order valence-corrected chi connectivity index (χ4v) is 2.48. The van der Waals surface area contributed by atoms with Crippen molar-refractivity contribution in [1.82, 2.24) is 20.4 Å². The highest BCUT2D eigenvalue weighted by atomic mass is 16.6. The van der Waals surface area contributed by atoms with Crippen LogP contribution in [0.15, 0.2) is 48.8 Å². The van der Waals surface area contributed by atoms with Crippen LogP contribution >= 0.6 is 0 Å². The molecule has 0 aliphatic heterocycles. The molecule has 152 valence electrons. The second kappa shape index (κ2) is 8.55. The second-order valence-corrected chi connectivity index (χ2v) is 5.82. The fraction of sp³-hybridized carbons (Fsp3) is 0.0588. The zero-order chi connectivity index (χ0) is 21.7. The standard InChI is InChI=1S/C17H14N8O5/c1-10-5-4-8-13(20-10)21-15-14(25(29)30)16(19-9-18-15)22-23-17(26)11-6-2-3-7-12(11)24(27)28/h2-9H,1H3,(H,23,26)(H2,18,19,20,21,22). The lowest BCUT2D eigenvalue weighted by Crippen LogP contribution is -2.30. The lowest BCUT2D eigenvalue weighted by atomic mass is 10.2. The summed E-state index contributed by atoms with van der Waals surface area (Å²) in [7, 11) is 0. The Bertz CT molecular complexity index is 1140. The van der Waals surface area contributed by atoms with Crippen LogP contribution in [0.25, 0.3) is 0 Å². The molecule has 0 aliphatic rings. The molecule has 2 aromatic heterocycles. The van der Waals surface area contributed by atoms with E-state index in [0.29, 0.717) is 11.5 Å². The molecule has 0 saturated carbocycles. The third-order valence-corrected chi connectivity index (χ3v) is 3.78. The molecule has 3 aromatic rings. The molecule has 0 bridgehead atoms. The van der Waals surface area contributed by atoms with Crippen LogP contribution in [0, 0.1) is 27.2 Å². The van der Waals surface area contributed by atoms with Gasteiger partial charge in [-0.05, 0) is 25.1 Å². The van der Waals surface area contributed by atoms with Gasteiger partial charge in [-0.1, -0.05) is 18.2 Å². The predicted octanol–water partition coefficient (Wildman–Crippen LogP) is 2.50. The number of carbonyl (C=O) groups excluding carboxylic acids is 1. The highest BCUT2D eigenvalue weighted by Crippen LogP contribution is 2.30. The van der Waals surface area contributed by atoms with Gasteiger partial charge in [0.05, 0.1) is 9.85 Å². The van der Waals surface area contributed by atoms with Gasteiger partial charge in [-0.2, -0.15) is 0 Å². The minimum Gasteiger partial charge on any atom is -0.319 e. The number of hydrazine groups is 1. The molecule has 1 aromatic carbocycles. The second-order valence-electron chi connectivity index (χ2n) is 5.82. The third kappa shape index (κ3) is 4.41. The van der Waals surface area contributed by atoms with Crippen molar-refractivity contribution in [2.24, 2.45) is 0 Å². The number of nitrogens with one attached hydrogen (secondary N) is 3. The quantitative estimate of drug-likeness (QED) is 0.387. The normalized spacial score (nSPS) is 10.2. The van der Waals surface area contributed by atoms with E-state index in [1.807, 2.05) is 0 Å². The molecule has 3 N–H and O–H groups in total. The molecule has 3 rings (SSSR count). The first-order chi connectivity index (χ1) is 14.4. The average Bonchev–Trinajstić information content (AvgIpc) is 2.71. The van der Waals surface area contributed by atoms with Crippen molar-refractivity contribution in [3.05, 3.63) is 80.3 Å². The number of rotatable bonds is 7. The van der Waals surface area contributed by atoms with Crippen molar-refractivity contribution >= 4 is 34.7 Å². The van der Waals surface area contributed by atoms with E-state index < -0.39 is 27.1 Å². The summed E-state index contributed by atoms with van der Waals surface area (Å²) in [6.07, 6.45) is 1.05. The minimum atomic E-state index is -0.870. The topological polar surface area (TPSA) is 178 Å². The van der Waals surface area contributed by atoms with Gasteiger partial charge in [0.2, 0.25) is 11.6 Å². The summed E-state index contributed by atoms with van der Waals surface area (Å²) >= 11 is 0. The van der Waals surface area contributed by atoms with Crippen LogP contribution in [0.4, 0.5) is 28.8 Å². The molecule has 0 atom stereocenters. The molecule has 0 saturated heterocycles. The molecule has 0 spiro atoms. The first-order valence-corrected chi connectivity index (χ1v) is 8.36. The molecule has 13 nitrogen and oxygen atoms in total. The zero-order valence-corrected chi connectivity index (χ0v) is 15.4. The van der Waals surface area contributed by atoms with Crippen molar-refractivity contribution in [2.45, 2.75) is 6.92 Å². The maximum absolute atomic E-state index is 12.3. The molecule has 0 aliphatic carbocycles. The van der Waals surface area contributed by atoms with E-state index in [2.05, 4.69) is 31.1 Å². The van der Waals surface area contributed by atoms with E-state index in [0.717, 1.165) is 6.33 Å². The van der Waals surface area contributed by atoms with Crippen LogP contribution in [0.5, 0.6) is 0 Å². The average molecular weight is 410 g/mol. The predicted molar refractivity (Wildman–Crippen MR) is 105 cm³/mol. The maximum atomic E-state index is 12.3. The molecule has 2 heterocycles. The molecular formula is C17H14N8O5. The van der Waals surface area contributed by atoms with Crippen LogP contribution in [-0.2, 0) is 0 Å². The van der Waals surface area contributed by atoms with E-state index in [1.165, 1.54) is 24.3 Å². The van der Waals surface area contributed by atoms with Crippen molar-refractivity contribution in [1.29, 1.82) is 0 Å². The SMILES string of the molecule is Cc1cccc(Nc2ncnc(NNC(=O)c3ccccc3[N+](=O)[O-])c2[N+](=O)[O-])n1. The third-order valence-electron chi connectivity index (χ3n) is 3.78. The number of nitro groups is 2. The Kier molecular flexibility index (Phi) is 5.72. The number of pyridine rings is 1. The number of nitrogens with zero attached hydrogens (tertiary/aromatic N) is 5. The maximum Gasteiger partial charge on any atom is 0.355 e. The summed E-state index contributed by atoms with van der Waals surface area (Å²) in [6.45, 7) is 1.75. The monoisotopic (exact) mass is 410 g/mol. The molecule has 30 heavy (non-hydrogen) atoms. The van der Waals surface area contributed by atoms with E-state index in [-0.39, 0.29) is 17.2 Å². The zero-order valence-electron chi connectivity index (χ0n) is 15.4.